The zero-order chi connectivity index (χ0) is 28.0. The van der Waals surface area contributed by atoms with Crippen LogP contribution in [0.4, 0.5) is 0 Å². The minimum atomic E-state index is -0.150. The molecule has 1 aromatic rings. The third kappa shape index (κ3) is 15.9. The molecule has 0 bridgehead atoms. The Morgan fingerprint density at radius 3 is 2.15 bits per heavy atom. The normalized spacial score (nSPS) is 12.9. The van der Waals surface area contributed by atoms with Crippen molar-refractivity contribution in [1.29, 1.82) is 0 Å². The fourth-order valence-corrected chi connectivity index (χ4v) is 5.00. The van der Waals surface area contributed by atoms with Crippen LogP contribution >= 0.6 is 11.6 Å². The lowest BCUT2D eigenvalue weighted by Gasteiger charge is -2.23. The SMILES string of the molecule is CCCCCCCCCCCCCCCCOc1ccc(OCC(=O)NCCC2=CC=CN(CC)C2)c(Cl)c1. The Labute approximate surface area is 243 Å². The van der Waals surface area contributed by atoms with E-state index in [1.54, 1.807) is 12.1 Å². The summed E-state index contributed by atoms with van der Waals surface area (Å²) in [5, 5.41) is 3.38. The van der Waals surface area contributed by atoms with E-state index >= 15 is 0 Å². The van der Waals surface area contributed by atoms with Crippen molar-refractivity contribution in [2.45, 2.75) is 110 Å². The van der Waals surface area contributed by atoms with E-state index in [1.807, 2.05) is 6.07 Å². The maximum absolute atomic E-state index is 12.2. The fraction of sp³-hybridized carbons (Fsp3) is 0.667. The molecule has 39 heavy (non-hydrogen) atoms. The van der Waals surface area contributed by atoms with Crippen molar-refractivity contribution in [1.82, 2.24) is 10.2 Å². The standard InChI is InChI=1S/C33H53ClN2O3/c1-3-5-6-7-8-9-10-11-12-13-14-15-16-17-25-38-30-20-21-32(31(34)26-30)39-28-33(37)35-23-22-29-19-18-24-36(4-2)27-29/h18-21,24,26H,3-17,22-23,25,27-28H2,1-2H3,(H,35,37). The highest BCUT2D eigenvalue weighted by Crippen LogP contribution is 2.29. The Morgan fingerprint density at radius 1 is 0.897 bits per heavy atom. The molecule has 0 saturated carbocycles. The van der Waals surface area contributed by atoms with Crippen molar-refractivity contribution < 1.29 is 14.3 Å². The highest BCUT2D eigenvalue weighted by molar-refractivity contribution is 6.32. The van der Waals surface area contributed by atoms with Gasteiger partial charge in [-0.1, -0.05) is 108 Å². The number of carbonyl (C=O) groups is 1. The van der Waals surface area contributed by atoms with Gasteiger partial charge in [-0.25, -0.2) is 0 Å². The average molecular weight is 561 g/mol. The molecule has 0 aliphatic carbocycles. The van der Waals surface area contributed by atoms with Crippen LogP contribution in [-0.4, -0.2) is 43.7 Å². The molecule has 5 nitrogen and oxygen atoms in total. The van der Waals surface area contributed by atoms with Crippen LogP contribution in [0.3, 0.4) is 0 Å². The minimum Gasteiger partial charge on any atom is -0.494 e. The third-order valence-corrected chi connectivity index (χ3v) is 7.53. The molecule has 0 radical (unpaired) electrons. The van der Waals surface area contributed by atoms with Crippen LogP contribution in [0.2, 0.25) is 5.02 Å². The summed E-state index contributed by atoms with van der Waals surface area (Å²) in [4.78, 5) is 14.4. The van der Waals surface area contributed by atoms with Gasteiger partial charge in [-0.15, -0.1) is 0 Å². The van der Waals surface area contributed by atoms with Crippen molar-refractivity contribution in [2.24, 2.45) is 0 Å². The van der Waals surface area contributed by atoms with E-state index in [2.05, 4.69) is 42.4 Å². The molecule has 2 rings (SSSR count). The Hall–Kier alpha value is -2.14. The highest BCUT2D eigenvalue weighted by atomic mass is 35.5. The average Bonchev–Trinajstić information content (AvgIpc) is 2.94. The van der Waals surface area contributed by atoms with Gasteiger partial charge in [-0.05, 0) is 49.7 Å². The largest absolute Gasteiger partial charge is 0.494 e. The number of unbranched alkanes of at least 4 members (excludes halogenated alkanes) is 13. The van der Waals surface area contributed by atoms with Crippen molar-refractivity contribution >= 4 is 17.5 Å². The minimum absolute atomic E-state index is 0.0565. The molecule has 1 heterocycles. The summed E-state index contributed by atoms with van der Waals surface area (Å²) in [6, 6.07) is 5.39. The van der Waals surface area contributed by atoms with Gasteiger partial charge in [0.25, 0.3) is 5.91 Å². The van der Waals surface area contributed by atoms with E-state index in [1.165, 1.54) is 89.0 Å². The van der Waals surface area contributed by atoms with Crippen molar-refractivity contribution in [3.63, 3.8) is 0 Å². The summed E-state index contributed by atoms with van der Waals surface area (Å²) < 4.78 is 11.5. The number of nitrogens with one attached hydrogen (secondary N) is 1. The topological polar surface area (TPSA) is 50.8 Å². The predicted molar refractivity (Wildman–Crippen MR) is 165 cm³/mol. The van der Waals surface area contributed by atoms with E-state index in [-0.39, 0.29) is 12.5 Å². The maximum atomic E-state index is 12.2. The van der Waals surface area contributed by atoms with Crippen LogP contribution in [0.5, 0.6) is 11.5 Å². The van der Waals surface area contributed by atoms with Crippen molar-refractivity contribution in [3.8, 4) is 11.5 Å². The molecular weight excluding hydrogens is 508 g/mol. The van der Waals surface area contributed by atoms with Gasteiger partial charge in [-0.3, -0.25) is 4.79 Å². The van der Waals surface area contributed by atoms with Crippen molar-refractivity contribution in [3.05, 3.63) is 47.1 Å². The van der Waals surface area contributed by atoms with Gasteiger partial charge in [0.05, 0.1) is 11.6 Å². The Balaban J connectivity index is 1.46. The van der Waals surface area contributed by atoms with Crippen LogP contribution in [0.15, 0.2) is 42.1 Å². The number of nitrogens with zero attached hydrogens (tertiary/aromatic N) is 1. The quantitative estimate of drug-likeness (QED) is 0.136. The Morgan fingerprint density at radius 2 is 1.54 bits per heavy atom. The van der Waals surface area contributed by atoms with Crippen molar-refractivity contribution in [2.75, 3.05) is 32.8 Å². The molecule has 0 unspecified atom stereocenters. The Kier molecular flexibility index (Phi) is 18.4. The number of rotatable bonds is 23. The second kappa shape index (κ2) is 21.7. The molecule has 1 aliphatic rings. The molecule has 220 valence electrons. The molecule has 0 spiro atoms. The first-order chi connectivity index (χ1) is 19.1. The molecule has 0 atom stereocenters. The molecule has 6 heteroatoms. The molecule has 0 fully saturated rings. The molecule has 1 N–H and O–H groups in total. The fourth-order valence-electron chi connectivity index (χ4n) is 4.78. The van der Waals surface area contributed by atoms with E-state index < -0.39 is 0 Å². The van der Waals surface area contributed by atoms with Gasteiger partial charge in [0, 0.05) is 25.7 Å². The second-order valence-corrected chi connectivity index (χ2v) is 11.1. The van der Waals surface area contributed by atoms with Gasteiger partial charge in [0.2, 0.25) is 0 Å². The number of benzene rings is 1. The summed E-state index contributed by atoms with van der Waals surface area (Å²) in [6.45, 7) is 7.55. The smallest absolute Gasteiger partial charge is 0.257 e. The molecular formula is C33H53ClN2O3. The number of halogens is 1. The first-order valence-electron chi connectivity index (χ1n) is 15.5. The number of allylic oxidation sites excluding steroid dienone is 2. The number of hydrogen-bond acceptors (Lipinski definition) is 4. The van der Waals surface area contributed by atoms with E-state index in [0.29, 0.717) is 23.9 Å². The maximum Gasteiger partial charge on any atom is 0.257 e. The van der Waals surface area contributed by atoms with Gasteiger partial charge in [-0.2, -0.15) is 0 Å². The van der Waals surface area contributed by atoms with Gasteiger partial charge in [0.15, 0.2) is 6.61 Å². The predicted octanol–water partition coefficient (Wildman–Crippen LogP) is 8.86. The molecule has 1 aliphatic heterocycles. The van der Waals surface area contributed by atoms with Crippen LogP contribution < -0.4 is 14.8 Å². The third-order valence-electron chi connectivity index (χ3n) is 7.24. The number of amides is 1. The molecule has 0 saturated heterocycles. The van der Waals surface area contributed by atoms with E-state index in [9.17, 15) is 4.79 Å². The molecule has 1 aromatic carbocycles. The zero-order valence-corrected chi connectivity index (χ0v) is 25.4. The molecule has 1 amide bonds. The van der Waals surface area contributed by atoms with Gasteiger partial charge in [0.1, 0.15) is 11.5 Å². The summed E-state index contributed by atoms with van der Waals surface area (Å²) in [7, 11) is 0. The summed E-state index contributed by atoms with van der Waals surface area (Å²) in [5.41, 5.74) is 1.31. The lowest BCUT2D eigenvalue weighted by Crippen LogP contribution is -2.31. The van der Waals surface area contributed by atoms with E-state index in [0.717, 1.165) is 31.7 Å². The van der Waals surface area contributed by atoms with Crippen LogP contribution in [0.25, 0.3) is 0 Å². The first-order valence-corrected chi connectivity index (χ1v) is 15.9. The summed E-state index contributed by atoms with van der Waals surface area (Å²) in [6.07, 6.45) is 25.9. The lowest BCUT2D eigenvalue weighted by molar-refractivity contribution is -0.123. The number of likely N-dealkylation sites (N-methyl/N-ethyl adjacent to an activating group) is 1. The zero-order valence-electron chi connectivity index (χ0n) is 24.7. The summed E-state index contributed by atoms with van der Waals surface area (Å²) in [5.74, 6) is 1.08. The first kappa shape index (κ1) is 33.1. The monoisotopic (exact) mass is 560 g/mol. The summed E-state index contributed by atoms with van der Waals surface area (Å²) >= 11 is 6.36. The van der Waals surface area contributed by atoms with Crippen LogP contribution in [-0.2, 0) is 4.79 Å². The highest BCUT2D eigenvalue weighted by Gasteiger charge is 2.09. The van der Waals surface area contributed by atoms with Gasteiger partial charge < -0.3 is 19.7 Å². The number of hydrogen-bond donors (Lipinski definition) is 1. The van der Waals surface area contributed by atoms with E-state index in [4.69, 9.17) is 21.1 Å². The van der Waals surface area contributed by atoms with Crippen LogP contribution in [0.1, 0.15) is 110 Å². The number of carbonyl (C=O) groups excluding carboxylic acids is 1. The lowest BCUT2D eigenvalue weighted by atomic mass is 10.0. The second-order valence-electron chi connectivity index (χ2n) is 10.7. The van der Waals surface area contributed by atoms with Crippen LogP contribution in [0, 0.1) is 0 Å². The Bertz CT molecular complexity index is 855. The number of ether oxygens (including phenoxy) is 2. The molecule has 0 aromatic heterocycles. The van der Waals surface area contributed by atoms with Gasteiger partial charge >= 0.3 is 0 Å².